The van der Waals surface area contributed by atoms with E-state index < -0.39 is 0 Å². The van der Waals surface area contributed by atoms with Crippen LogP contribution in [0.4, 0.5) is 0 Å². The highest BCUT2D eigenvalue weighted by atomic mass is 16.5. The summed E-state index contributed by atoms with van der Waals surface area (Å²) in [4.78, 5) is 28.3. The first-order chi connectivity index (χ1) is 11.7. The Morgan fingerprint density at radius 2 is 1.92 bits per heavy atom. The van der Waals surface area contributed by atoms with Crippen LogP contribution in [0.5, 0.6) is 0 Å². The van der Waals surface area contributed by atoms with Gasteiger partial charge < -0.3 is 14.4 Å². The van der Waals surface area contributed by atoms with Gasteiger partial charge in [0, 0.05) is 51.5 Å². The first-order valence-electron chi connectivity index (χ1n) is 8.48. The molecule has 24 heavy (non-hydrogen) atoms. The highest BCUT2D eigenvalue weighted by molar-refractivity contribution is 5.92. The first-order valence-corrected chi connectivity index (χ1v) is 8.48. The van der Waals surface area contributed by atoms with Gasteiger partial charge in [-0.1, -0.05) is 0 Å². The maximum absolute atomic E-state index is 12.9. The Balaban J connectivity index is 1.69. The van der Waals surface area contributed by atoms with Crippen molar-refractivity contribution in [2.45, 2.75) is 18.9 Å². The summed E-state index contributed by atoms with van der Waals surface area (Å²) in [7, 11) is 0. The summed E-state index contributed by atoms with van der Waals surface area (Å²) in [6, 6.07) is 2.98. The third-order valence-corrected chi connectivity index (χ3v) is 4.55. The second-order valence-corrected chi connectivity index (χ2v) is 6.10. The lowest BCUT2D eigenvalue weighted by molar-refractivity contribution is 0.0138. The summed E-state index contributed by atoms with van der Waals surface area (Å²) >= 11 is 0. The Bertz CT molecular complexity index is 573. The standard InChI is InChI=1S/C16H24N4O4/c21-15-2-1-14(17-18-15)16(22)20(13-3-9-23-10-4-13)6-5-19-7-11-24-12-8-19/h1-2,13H,3-12H2,(H,18,21). The predicted octanol–water partition coefficient (Wildman–Crippen LogP) is -0.277. The van der Waals surface area contributed by atoms with Crippen LogP contribution in [-0.4, -0.2) is 84.6 Å². The summed E-state index contributed by atoms with van der Waals surface area (Å²) in [5.41, 5.74) is -0.0273. The molecule has 0 bridgehead atoms. The molecule has 0 atom stereocenters. The largest absolute Gasteiger partial charge is 0.381 e. The van der Waals surface area contributed by atoms with E-state index in [1.54, 1.807) is 0 Å². The Morgan fingerprint density at radius 3 is 2.58 bits per heavy atom. The molecule has 132 valence electrons. The lowest BCUT2D eigenvalue weighted by atomic mass is 10.1. The van der Waals surface area contributed by atoms with E-state index in [0.29, 0.717) is 19.8 Å². The van der Waals surface area contributed by atoms with Crippen LogP contribution in [0.15, 0.2) is 16.9 Å². The van der Waals surface area contributed by atoms with Crippen molar-refractivity contribution in [3.8, 4) is 0 Å². The number of hydrogen-bond donors (Lipinski definition) is 1. The number of ether oxygens (including phenoxy) is 2. The summed E-state index contributed by atoms with van der Waals surface area (Å²) in [5, 5.41) is 6.23. The Labute approximate surface area is 140 Å². The van der Waals surface area contributed by atoms with Crippen LogP contribution < -0.4 is 5.56 Å². The van der Waals surface area contributed by atoms with Crippen LogP contribution in [0.3, 0.4) is 0 Å². The number of hydrogen-bond acceptors (Lipinski definition) is 6. The molecule has 0 spiro atoms. The van der Waals surface area contributed by atoms with E-state index in [1.807, 2.05) is 4.90 Å². The van der Waals surface area contributed by atoms with Crippen molar-refractivity contribution in [2.24, 2.45) is 0 Å². The van der Waals surface area contributed by atoms with Crippen molar-refractivity contribution in [3.05, 3.63) is 28.2 Å². The maximum atomic E-state index is 12.9. The number of carbonyl (C=O) groups excluding carboxylic acids is 1. The maximum Gasteiger partial charge on any atom is 0.274 e. The number of morpholine rings is 1. The zero-order valence-electron chi connectivity index (χ0n) is 13.8. The number of rotatable bonds is 5. The van der Waals surface area contributed by atoms with Gasteiger partial charge in [-0.2, -0.15) is 5.10 Å². The van der Waals surface area contributed by atoms with Gasteiger partial charge in [0.25, 0.3) is 11.5 Å². The summed E-state index contributed by atoms with van der Waals surface area (Å²) < 4.78 is 10.8. The van der Waals surface area contributed by atoms with Crippen molar-refractivity contribution in [3.63, 3.8) is 0 Å². The number of nitrogens with zero attached hydrogens (tertiary/aromatic N) is 3. The minimum atomic E-state index is -0.308. The molecule has 2 fully saturated rings. The van der Waals surface area contributed by atoms with Crippen molar-refractivity contribution >= 4 is 5.91 Å². The molecule has 1 amide bonds. The summed E-state index contributed by atoms with van der Waals surface area (Å²) in [5.74, 6) is -0.133. The van der Waals surface area contributed by atoms with Crippen molar-refractivity contribution in [2.75, 3.05) is 52.6 Å². The first kappa shape index (κ1) is 17.1. The van der Waals surface area contributed by atoms with E-state index in [1.165, 1.54) is 12.1 Å². The van der Waals surface area contributed by atoms with Gasteiger partial charge in [-0.05, 0) is 18.9 Å². The topological polar surface area (TPSA) is 87.8 Å². The monoisotopic (exact) mass is 336 g/mol. The van der Waals surface area contributed by atoms with Crippen LogP contribution in [0.25, 0.3) is 0 Å². The smallest absolute Gasteiger partial charge is 0.274 e. The molecule has 1 aromatic rings. The van der Waals surface area contributed by atoms with Gasteiger partial charge in [0.05, 0.1) is 13.2 Å². The zero-order valence-corrected chi connectivity index (χ0v) is 13.8. The fourth-order valence-corrected chi connectivity index (χ4v) is 3.13. The van der Waals surface area contributed by atoms with Crippen molar-refractivity contribution in [1.82, 2.24) is 20.0 Å². The van der Waals surface area contributed by atoms with Crippen molar-refractivity contribution in [1.29, 1.82) is 0 Å². The molecule has 8 nitrogen and oxygen atoms in total. The van der Waals surface area contributed by atoms with Gasteiger partial charge in [0.2, 0.25) is 0 Å². The van der Waals surface area contributed by atoms with Gasteiger partial charge in [-0.15, -0.1) is 0 Å². The van der Waals surface area contributed by atoms with Gasteiger partial charge in [-0.25, -0.2) is 5.10 Å². The molecule has 0 saturated carbocycles. The molecule has 2 saturated heterocycles. The quantitative estimate of drug-likeness (QED) is 0.796. The third-order valence-electron chi connectivity index (χ3n) is 4.55. The lowest BCUT2D eigenvalue weighted by Gasteiger charge is -2.36. The molecular formula is C16H24N4O4. The molecule has 2 aliphatic rings. The molecule has 2 aliphatic heterocycles. The summed E-state index contributed by atoms with van der Waals surface area (Å²) in [6.07, 6.45) is 1.66. The average Bonchev–Trinajstić information content (AvgIpc) is 2.64. The Kier molecular flexibility index (Phi) is 5.95. The van der Waals surface area contributed by atoms with Gasteiger partial charge in [-0.3, -0.25) is 14.5 Å². The van der Waals surface area contributed by atoms with Crippen LogP contribution in [0.1, 0.15) is 23.3 Å². The summed E-state index contributed by atoms with van der Waals surface area (Å²) in [6.45, 7) is 6.08. The van der Waals surface area contributed by atoms with Gasteiger partial charge in [0.1, 0.15) is 5.69 Å². The number of carbonyl (C=O) groups is 1. The van der Waals surface area contributed by atoms with Crippen LogP contribution >= 0.6 is 0 Å². The number of nitrogens with one attached hydrogen (secondary N) is 1. The van der Waals surface area contributed by atoms with Crippen molar-refractivity contribution < 1.29 is 14.3 Å². The second kappa shape index (κ2) is 8.36. The number of aromatic amines is 1. The van der Waals surface area contributed by atoms with E-state index in [-0.39, 0.29) is 23.2 Å². The van der Waals surface area contributed by atoms with E-state index in [4.69, 9.17) is 9.47 Å². The molecule has 8 heteroatoms. The minimum Gasteiger partial charge on any atom is -0.381 e. The predicted molar refractivity (Wildman–Crippen MR) is 87.0 cm³/mol. The molecule has 3 rings (SSSR count). The average molecular weight is 336 g/mol. The van der Waals surface area contributed by atoms with Gasteiger partial charge in [0.15, 0.2) is 0 Å². The highest BCUT2D eigenvalue weighted by Crippen LogP contribution is 2.17. The lowest BCUT2D eigenvalue weighted by Crippen LogP contribution is -2.48. The molecule has 0 aliphatic carbocycles. The number of aromatic nitrogens is 2. The van der Waals surface area contributed by atoms with E-state index in [0.717, 1.165) is 45.7 Å². The SMILES string of the molecule is O=C(c1ccc(=O)[nH]n1)N(CCN1CCOCC1)C1CCOCC1. The van der Waals surface area contributed by atoms with Crippen LogP contribution in [-0.2, 0) is 9.47 Å². The molecule has 0 radical (unpaired) electrons. The second-order valence-electron chi connectivity index (χ2n) is 6.10. The zero-order chi connectivity index (χ0) is 16.8. The van der Waals surface area contributed by atoms with Gasteiger partial charge >= 0.3 is 0 Å². The van der Waals surface area contributed by atoms with E-state index in [9.17, 15) is 9.59 Å². The number of H-pyrrole nitrogens is 1. The molecule has 1 N–H and O–H groups in total. The highest BCUT2D eigenvalue weighted by Gasteiger charge is 2.28. The third kappa shape index (κ3) is 4.40. The minimum absolute atomic E-state index is 0.133. The molecule has 0 aromatic carbocycles. The molecule has 1 aromatic heterocycles. The normalized spacial score (nSPS) is 20.0. The Hall–Kier alpha value is -1.77. The van der Waals surface area contributed by atoms with E-state index >= 15 is 0 Å². The van der Waals surface area contributed by atoms with Crippen LogP contribution in [0.2, 0.25) is 0 Å². The molecular weight excluding hydrogens is 312 g/mol. The Morgan fingerprint density at radius 1 is 1.21 bits per heavy atom. The van der Waals surface area contributed by atoms with Crippen LogP contribution in [0, 0.1) is 0 Å². The molecule has 3 heterocycles. The van der Waals surface area contributed by atoms with E-state index in [2.05, 4.69) is 15.1 Å². The fourth-order valence-electron chi connectivity index (χ4n) is 3.13. The number of amides is 1. The molecule has 0 unspecified atom stereocenters. The fraction of sp³-hybridized carbons (Fsp3) is 0.688.